The Balaban J connectivity index is 1.21. The molecule has 2 unspecified atom stereocenters. The smallest absolute Gasteiger partial charge is 0.138 e. The number of halogens is 1. The number of nitrogens with zero attached hydrogens (tertiary/aromatic N) is 5. The maximum absolute atomic E-state index is 13.6. The lowest BCUT2D eigenvalue weighted by molar-refractivity contribution is -0.00921. The normalized spacial score (nSPS) is 19.3. The van der Waals surface area contributed by atoms with E-state index in [2.05, 4.69) is 25.8 Å². The monoisotopic (exact) mass is 484 g/mol. The van der Waals surface area contributed by atoms with Gasteiger partial charge in [-0.05, 0) is 42.8 Å². The summed E-state index contributed by atoms with van der Waals surface area (Å²) >= 11 is 0. The van der Waals surface area contributed by atoms with Crippen molar-refractivity contribution >= 4 is 16.9 Å². The third-order valence-electron chi connectivity index (χ3n) is 7.32. The highest BCUT2D eigenvalue weighted by Gasteiger charge is 2.44. The first-order valence-electron chi connectivity index (χ1n) is 12.0. The number of phenols is 1. The van der Waals surface area contributed by atoms with Gasteiger partial charge in [-0.1, -0.05) is 0 Å². The fourth-order valence-corrected chi connectivity index (χ4v) is 5.51. The van der Waals surface area contributed by atoms with Gasteiger partial charge in [0.15, 0.2) is 0 Å². The lowest BCUT2D eigenvalue weighted by Gasteiger charge is -2.56. The lowest BCUT2D eigenvalue weighted by atomic mass is 9.86. The van der Waals surface area contributed by atoms with Crippen molar-refractivity contribution in [1.29, 1.82) is 5.26 Å². The van der Waals surface area contributed by atoms with Crippen LogP contribution in [0.4, 0.5) is 10.2 Å². The number of aromatic amines is 1. The molecule has 9 heteroatoms. The molecule has 2 bridgehead atoms. The SMILES string of the molecule is N#Cc1cnc2[nH]c(CCO)cc2c1-c1ccc(N2CC3CC(C2)N3Cc2cc(F)ccc2O)nc1. The number of aliphatic hydroxyl groups is 1. The van der Waals surface area contributed by atoms with Crippen LogP contribution in [0, 0.1) is 17.1 Å². The Morgan fingerprint density at radius 3 is 2.67 bits per heavy atom. The predicted octanol–water partition coefficient (Wildman–Crippen LogP) is 3.34. The summed E-state index contributed by atoms with van der Waals surface area (Å²) in [6.45, 7) is 2.18. The number of piperazine rings is 1. The molecule has 7 rings (SSSR count). The number of hydrogen-bond acceptors (Lipinski definition) is 7. The van der Waals surface area contributed by atoms with Crippen molar-refractivity contribution in [3.05, 3.63) is 71.4 Å². The van der Waals surface area contributed by atoms with E-state index in [0.29, 0.717) is 41.8 Å². The molecule has 36 heavy (non-hydrogen) atoms. The maximum Gasteiger partial charge on any atom is 0.138 e. The first-order valence-corrected chi connectivity index (χ1v) is 12.0. The molecular formula is C27H25FN6O2. The molecule has 3 aliphatic rings. The van der Waals surface area contributed by atoms with Crippen molar-refractivity contribution in [1.82, 2.24) is 19.9 Å². The topological polar surface area (TPSA) is 112 Å². The fraction of sp³-hybridized carbons (Fsp3) is 0.296. The van der Waals surface area contributed by atoms with Crippen LogP contribution in [0.1, 0.15) is 23.2 Å². The number of piperidine rings is 1. The van der Waals surface area contributed by atoms with Gasteiger partial charge in [0.1, 0.15) is 29.1 Å². The van der Waals surface area contributed by atoms with Crippen molar-refractivity contribution in [2.75, 3.05) is 24.6 Å². The van der Waals surface area contributed by atoms with Gasteiger partial charge in [-0.2, -0.15) is 5.26 Å². The van der Waals surface area contributed by atoms with Crippen molar-refractivity contribution in [3.63, 3.8) is 0 Å². The molecule has 8 nitrogen and oxygen atoms in total. The number of anilines is 1. The number of phenolic OH excluding ortho intramolecular Hbond substituents is 1. The van der Waals surface area contributed by atoms with Gasteiger partial charge < -0.3 is 20.1 Å². The van der Waals surface area contributed by atoms with Crippen LogP contribution in [0.2, 0.25) is 0 Å². The molecule has 6 heterocycles. The highest BCUT2D eigenvalue weighted by molar-refractivity contribution is 5.96. The van der Waals surface area contributed by atoms with Crippen molar-refractivity contribution in [2.45, 2.75) is 31.5 Å². The van der Waals surface area contributed by atoms with Gasteiger partial charge in [0.25, 0.3) is 0 Å². The second kappa shape index (κ2) is 8.90. The number of fused-ring (bicyclic) bond motifs is 3. The van der Waals surface area contributed by atoms with E-state index in [1.165, 1.54) is 18.2 Å². The number of rotatable bonds is 6. The third kappa shape index (κ3) is 3.85. The minimum atomic E-state index is -0.338. The number of H-pyrrole nitrogens is 1. The van der Waals surface area contributed by atoms with Crippen LogP contribution in [0.25, 0.3) is 22.2 Å². The van der Waals surface area contributed by atoms with Crippen LogP contribution in [0.5, 0.6) is 5.75 Å². The summed E-state index contributed by atoms with van der Waals surface area (Å²) < 4.78 is 13.6. The average Bonchev–Trinajstić information content (AvgIpc) is 3.31. The molecule has 0 aliphatic carbocycles. The second-order valence-corrected chi connectivity index (χ2v) is 9.49. The molecule has 0 amide bonds. The fourth-order valence-electron chi connectivity index (χ4n) is 5.51. The first-order chi connectivity index (χ1) is 17.5. The number of aliphatic hydroxyl groups excluding tert-OH is 1. The summed E-state index contributed by atoms with van der Waals surface area (Å²) in [5, 5.41) is 29.9. The zero-order valence-electron chi connectivity index (χ0n) is 19.5. The Labute approximate surface area is 207 Å². The molecule has 2 atom stereocenters. The number of aromatic nitrogens is 3. The molecular weight excluding hydrogens is 459 g/mol. The van der Waals surface area contributed by atoms with E-state index in [1.807, 2.05) is 18.2 Å². The van der Waals surface area contributed by atoms with Gasteiger partial charge >= 0.3 is 0 Å². The summed E-state index contributed by atoms with van der Waals surface area (Å²) in [5.74, 6) is 0.665. The molecule has 1 aromatic carbocycles. The Kier molecular flexibility index (Phi) is 5.55. The van der Waals surface area contributed by atoms with Crippen molar-refractivity contribution < 1.29 is 14.6 Å². The largest absolute Gasteiger partial charge is 0.508 e. The van der Waals surface area contributed by atoms with E-state index in [4.69, 9.17) is 4.98 Å². The molecule has 3 aliphatic heterocycles. The molecule has 3 aromatic heterocycles. The second-order valence-electron chi connectivity index (χ2n) is 9.49. The van der Waals surface area contributed by atoms with Gasteiger partial charge in [0, 0.05) is 84.9 Å². The standard InChI is InChI=1S/C27H25FN6O2/c28-19-2-3-24(36)17(7-19)13-34-21-9-22(34)15-33(14-21)25-4-1-16(11-30-25)26-18(10-29)12-31-27-23(26)8-20(32-27)5-6-35/h1-4,7-8,11-12,21-22,35-36H,5-6,9,13-15H2,(H,31,32). The average molecular weight is 485 g/mol. The van der Waals surface area contributed by atoms with E-state index < -0.39 is 0 Å². The van der Waals surface area contributed by atoms with Gasteiger partial charge in [0.05, 0.1) is 5.56 Å². The molecule has 3 fully saturated rings. The van der Waals surface area contributed by atoms with E-state index in [1.54, 1.807) is 12.4 Å². The van der Waals surface area contributed by atoms with Crippen LogP contribution >= 0.6 is 0 Å². The van der Waals surface area contributed by atoms with Crippen LogP contribution in [0.15, 0.2) is 48.8 Å². The molecule has 0 spiro atoms. The summed E-state index contributed by atoms with van der Waals surface area (Å²) in [6, 6.07) is 12.9. The number of hydrogen-bond donors (Lipinski definition) is 3. The number of nitriles is 1. The predicted molar refractivity (Wildman–Crippen MR) is 133 cm³/mol. The minimum Gasteiger partial charge on any atom is -0.508 e. The molecule has 182 valence electrons. The van der Waals surface area contributed by atoms with Crippen molar-refractivity contribution in [3.8, 4) is 22.9 Å². The van der Waals surface area contributed by atoms with Crippen LogP contribution < -0.4 is 4.90 Å². The number of benzene rings is 1. The highest BCUT2D eigenvalue weighted by atomic mass is 19.1. The Morgan fingerprint density at radius 2 is 1.94 bits per heavy atom. The Bertz CT molecular complexity index is 1470. The van der Waals surface area contributed by atoms with Crippen LogP contribution in [0.3, 0.4) is 0 Å². The molecule has 3 N–H and O–H groups in total. The van der Waals surface area contributed by atoms with E-state index in [0.717, 1.165) is 47.5 Å². The maximum atomic E-state index is 13.6. The van der Waals surface area contributed by atoms with Gasteiger partial charge in [0.2, 0.25) is 0 Å². The zero-order valence-corrected chi connectivity index (χ0v) is 19.5. The summed E-state index contributed by atoms with van der Waals surface area (Å²) in [4.78, 5) is 16.9. The van der Waals surface area contributed by atoms with Crippen LogP contribution in [-0.2, 0) is 13.0 Å². The number of aromatic hydroxyl groups is 1. The van der Waals surface area contributed by atoms with E-state index >= 15 is 0 Å². The Hall–Kier alpha value is -4.00. The molecule has 3 saturated heterocycles. The lowest BCUT2D eigenvalue weighted by Crippen LogP contribution is -2.68. The summed E-state index contributed by atoms with van der Waals surface area (Å²) in [7, 11) is 0. The minimum absolute atomic E-state index is 0.0299. The highest BCUT2D eigenvalue weighted by Crippen LogP contribution is 2.37. The van der Waals surface area contributed by atoms with Gasteiger partial charge in [-0.3, -0.25) is 4.90 Å². The van der Waals surface area contributed by atoms with Gasteiger partial charge in [-0.25, -0.2) is 14.4 Å². The van der Waals surface area contributed by atoms with E-state index in [-0.39, 0.29) is 18.2 Å². The van der Waals surface area contributed by atoms with Crippen LogP contribution in [-0.4, -0.2) is 61.8 Å². The molecule has 0 saturated carbocycles. The van der Waals surface area contributed by atoms with Gasteiger partial charge in [-0.15, -0.1) is 0 Å². The number of nitrogens with one attached hydrogen (secondary N) is 1. The van der Waals surface area contributed by atoms with E-state index in [9.17, 15) is 19.9 Å². The summed E-state index contributed by atoms with van der Waals surface area (Å²) in [5.41, 5.74) is 4.25. The molecule has 0 radical (unpaired) electrons. The zero-order chi connectivity index (χ0) is 24.8. The third-order valence-corrected chi connectivity index (χ3v) is 7.32. The van der Waals surface area contributed by atoms with Crippen molar-refractivity contribution in [2.24, 2.45) is 0 Å². The molecule has 4 aromatic rings. The number of pyridine rings is 2. The Morgan fingerprint density at radius 1 is 1.11 bits per heavy atom. The summed E-state index contributed by atoms with van der Waals surface area (Å²) in [6.07, 6.45) is 4.93. The first kappa shape index (κ1) is 22.5. The quantitative estimate of drug-likeness (QED) is 0.385.